The second-order valence-electron chi connectivity index (χ2n) is 5.97. The van der Waals surface area contributed by atoms with Gasteiger partial charge < -0.3 is 8.60 Å². The third-order valence-corrected chi connectivity index (χ3v) is 5.01. The van der Waals surface area contributed by atoms with Crippen LogP contribution in [0, 0.1) is 0 Å². The highest BCUT2D eigenvalue weighted by Gasteiger charge is 2.22. The largest absolute Gasteiger partial charge is 0.401 e. The molecule has 0 fully saturated rings. The highest BCUT2D eigenvalue weighted by Crippen LogP contribution is 2.31. The van der Waals surface area contributed by atoms with Crippen molar-refractivity contribution in [3.8, 4) is 23.3 Å². The van der Waals surface area contributed by atoms with E-state index in [0.717, 1.165) is 10.9 Å². The predicted molar refractivity (Wildman–Crippen MR) is 111 cm³/mol. The van der Waals surface area contributed by atoms with Crippen LogP contribution in [-0.4, -0.2) is 34.4 Å². The highest BCUT2D eigenvalue weighted by atomic mass is 35.5. The maximum Gasteiger partial charge on any atom is 0.347 e. The molecule has 0 atom stereocenters. The molecule has 4 aromatic rings. The molecule has 0 saturated heterocycles. The fourth-order valence-electron chi connectivity index (χ4n) is 2.61. The van der Waals surface area contributed by atoms with Crippen molar-refractivity contribution >= 4 is 55.8 Å². The van der Waals surface area contributed by atoms with Gasteiger partial charge in [-0.25, -0.2) is 19.4 Å². The molecule has 1 aromatic carbocycles. The normalized spacial score (nSPS) is 11.7. The first-order chi connectivity index (χ1) is 14.1. The van der Waals surface area contributed by atoms with E-state index < -0.39 is 15.7 Å². The van der Waals surface area contributed by atoms with Gasteiger partial charge in [-0.3, -0.25) is 0 Å². The van der Waals surface area contributed by atoms with Crippen LogP contribution in [0.3, 0.4) is 0 Å². The third-order valence-electron chi connectivity index (χ3n) is 3.73. The van der Waals surface area contributed by atoms with Crippen molar-refractivity contribution in [1.82, 2.24) is 19.7 Å². The molecular formula is C17H9Cl3N4O5S. The van der Waals surface area contributed by atoms with E-state index in [1.807, 2.05) is 0 Å². The summed E-state index contributed by atoms with van der Waals surface area (Å²) in [5.74, 6) is -0.389. The summed E-state index contributed by atoms with van der Waals surface area (Å²) >= 11 is 18.3. The Morgan fingerprint density at radius 1 is 1.13 bits per heavy atom. The Kier molecular flexibility index (Phi) is 5.18. The van der Waals surface area contributed by atoms with Gasteiger partial charge in [0.25, 0.3) is 5.88 Å². The van der Waals surface area contributed by atoms with E-state index in [0.29, 0.717) is 0 Å². The maximum atomic E-state index is 12.5. The Morgan fingerprint density at radius 3 is 2.60 bits per heavy atom. The van der Waals surface area contributed by atoms with Crippen LogP contribution in [0.2, 0.25) is 15.1 Å². The average molecular weight is 488 g/mol. The zero-order valence-corrected chi connectivity index (χ0v) is 17.9. The van der Waals surface area contributed by atoms with E-state index >= 15 is 0 Å². The van der Waals surface area contributed by atoms with Gasteiger partial charge in [0.2, 0.25) is 5.89 Å². The van der Waals surface area contributed by atoms with Crippen molar-refractivity contribution in [2.75, 3.05) is 6.26 Å². The second kappa shape index (κ2) is 7.55. The summed E-state index contributed by atoms with van der Waals surface area (Å²) in [6.45, 7) is 0. The SMILES string of the molecule is CS(=O)(=O)Oc1cc(-c2nc3c(Cl)cc(Cl)cc3c(=O)o2)n(-c2ncccc2Cl)n1. The van der Waals surface area contributed by atoms with E-state index in [9.17, 15) is 13.2 Å². The topological polar surface area (TPSA) is 117 Å². The zero-order valence-electron chi connectivity index (χ0n) is 14.8. The molecule has 30 heavy (non-hydrogen) atoms. The summed E-state index contributed by atoms with van der Waals surface area (Å²) in [7, 11) is -3.89. The van der Waals surface area contributed by atoms with Gasteiger partial charge in [-0.2, -0.15) is 8.42 Å². The van der Waals surface area contributed by atoms with Crippen LogP contribution in [0.1, 0.15) is 0 Å². The molecule has 3 heterocycles. The predicted octanol–water partition coefficient (Wildman–Crippen LogP) is 3.73. The van der Waals surface area contributed by atoms with E-state index in [4.69, 9.17) is 43.4 Å². The quantitative estimate of drug-likeness (QED) is 0.400. The number of rotatable bonds is 4. The fourth-order valence-corrected chi connectivity index (χ4v) is 3.74. The molecule has 4 rings (SSSR count). The first kappa shape index (κ1) is 20.6. The number of fused-ring (bicyclic) bond motifs is 1. The van der Waals surface area contributed by atoms with E-state index in [1.165, 1.54) is 24.4 Å². The Labute approximate surface area is 183 Å². The second-order valence-corrected chi connectivity index (χ2v) is 8.79. The van der Waals surface area contributed by atoms with Gasteiger partial charge >= 0.3 is 15.7 Å². The molecule has 0 radical (unpaired) electrons. The molecule has 0 saturated carbocycles. The minimum Gasteiger partial charge on any atom is -0.401 e. The number of aromatic nitrogens is 4. The van der Waals surface area contributed by atoms with Crippen LogP contribution in [0.5, 0.6) is 5.88 Å². The van der Waals surface area contributed by atoms with E-state index in [1.54, 1.807) is 12.1 Å². The van der Waals surface area contributed by atoms with Crippen molar-refractivity contribution < 1.29 is 17.0 Å². The molecular weight excluding hydrogens is 479 g/mol. The number of hydrogen-bond donors (Lipinski definition) is 0. The maximum absolute atomic E-state index is 12.5. The molecule has 0 N–H and O–H groups in total. The summed E-state index contributed by atoms with van der Waals surface area (Å²) in [5, 5.41) is 4.70. The lowest BCUT2D eigenvalue weighted by Crippen LogP contribution is -2.08. The number of benzene rings is 1. The molecule has 0 aliphatic rings. The third kappa shape index (κ3) is 3.99. The molecule has 0 unspecified atom stereocenters. The first-order valence-electron chi connectivity index (χ1n) is 8.03. The van der Waals surface area contributed by atoms with Gasteiger partial charge in [-0.15, -0.1) is 5.10 Å². The van der Waals surface area contributed by atoms with Crippen LogP contribution in [0.25, 0.3) is 28.3 Å². The molecule has 13 heteroatoms. The summed E-state index contributed by atoms with van der Waals surface area (Å²) in [6, 6.07) is 7.16. The van der Waals surface area contributed by atoms with Crippen molar-refractivity contribution in [3.63, 3.8) is 0 Å². The lowest BCUT2D eigenvalue weighted by atomic mass is 10.2. The molecule has 0 spiro atoms. The Balaban J connectivity index is 2.00. The van der Waals surface area contributed by atoms with Crippen LogP contribution in [-0.2, 0) is 10.1 Å². The summed E-state index contributed by atoms with van der Waals surface area (Å²) < 4.78 is 34.4. The molecule has 3 aromatic heterocycles. The molecule has 0 amide bonds. The standard InChI is InChI=1S/C17H9Cl3N4O5S/c1-30(26,27)29-13-7-12(24(23-13)15-10(19)3-2-4-21-15)16-22-14-9(17(25)28-16)5-8(18)6-11(14)20/h2-7H,1H3. The molecule has 154 valence electrons. The van der Waals surface area contributed by atoms with Gasteiger partial charge in [0.15, 0.2) is 5.82 Å². The van der Waals surface area contributed by atoms with Crippen LogP contribution in [0.15, 0.2) is 45.7 Å². The zero-order chi connectivity index (χ0) is 21.6. The van der Waals surface area contributed by atoms with E-state index in [-0.39, 0.29) is 49.3 Å². The minimum atomic E-state index is -3.89. The van der Waals surface area contributed by atoms with Crippen molar-refractivity contribution in [2.45, 2.75) is 0 Å². The molecule has 0 aliphatic carbocycles. The van der Waals surface area contributed by atoms with Gasteiger partial charge in [0.1, 0.15) is 11.2 Å². The van der Waals surface area contributed by atoms with Crippen molar-refractivity contribution in [2.24, 2.45) is 0 Å². The van der Waals surface area contributed by atoms with Crippen LogP contribution >= 0.6 is 34.8 Å². The number of pyridine rings is 1. The summed E-state index contributed by atoms with van der Waals surface area (Å²) in [4.78, 5) is 20.9. The minimum absolute atomic E-state index is 0.0549. The van der Waals surface area contributed by atoms with Gasteiger partial charge in [-0.1, -0.05) is 34.8 Å². The average Bonchev–Trinajstić information content (AvgIpc) is 3.04. The van der Waals surface area contributed by atoms with Gasteiger partial charge in [0, 0.05) is 17.3 Å². The van der Waals surface area contributed by atoms with Crippen molar-refractivity contribution in [1.29, 1.82) is 0 Å². The monoisotopic (exact) mass is 486 g/mol. The van der Waals surface area contributed by atoms with E-state index in [2.05, 4.69) is 15.1 Å². The Hall–Kier alpha value is -2.66. The lowest BCUT2D eigenvalue weighted by Gasteiger charge is -2.07. The number of hydrogen-bond acceptors (Lipinski definition) is 8. The summed E-state index contributed by atoms with van der Waals surface area (Å²) in [6.07, 6.45) is 2.31. The fraction of sp³-hybridized carbons (Fsp3) is 0.0588. The molecule has 0 bridgehead atoms. The van der Waals surface area contributed by atoms with Crippen LogP contribution in [0.4, 0.5) is 0 Å². The highest BCUT2D eigenvalue weighted by molar-refractivity contribution is 7.86. The Bertz CT molecular complexity index is 1470. The first-order valence-corrected chi connectivity index (χ1v) is 11.0. The number of halogens is 3. The van der Waals surface area contributed by atoms with Crippen molar-refractivity contribution in [3.05, 3.63) is 62.0 Å². The summed E-state index contributed by atoms with van der Waals surface area (Å²) in [5.41, 5.74) is -0.568. The molecule has 9 nitrogen and oxygen atoms in total. The number of nitrogens with zero attached hydrogens (tertiary/aromatic N) is 4. The lowest BCUT2D eigenvalue weighted by molar-refractivity contribution is 0.479. The Morgan fingerprint density at radius 2 is 1.90 bits per heavy atom. The van der Waals surface area contributed by atoms with Gasteiger partial charge in [0.05, 0.1) is 21.7 Å². The smallest absolute Gasteiger partial charge is 0.347 e. The van der Waals surface area contributed by atoms with Gasteiger partial charge in [-0.05, 0) is 24.3 Å². The van der Waals surface area contributed by atoms with Crippen LogP contribution < -0.4 is 9.81 Å². The molecule has 0 aliphatic heterocycles.